The van der Waals surface area contributed by atoms with Crippen LogP contribution in [0.1, 0.15) is 67.7 Å². The van der Waals surface area contributed by atoms with E-state index < -0.39 is 29.9 Å². The van der Waals surface area contributed by atoms with Crippen LogP contribution in [0.15, 0.2) is 0 Å². The Hall–Kier alpha value is -1.79. The Balaban J connectivity index is 4.92. The van der Waals surface area contributed by atoms with Crippen LogP contribution < -0.4 is 5.32 Å². The molecule has 140 valence electrons. The van der Waals surface area contributed by atoms with Crippen molar-refractivity contribution in [1.82, 2.24) is 5.32 Å². The second-order valence-corrected chi connectivity index (χ2v) is 7.68. The zero-order valence-electron chi connectivity index (χ0n) is 15.8. The highest BCUT2D eigenvalue weighted by Gasteiger charge is 2.37. The summed E-state index contributed by atoms with van der Waals surface area (Å²) in [6.07, 6.45) is -0.960. The summed E-state index contributed by atoms with van der Waals surface area (Å²) in [6.45, 7) is 12.5. The van der Waals surface area contributed by atoms with E-state index in [4.69, 9.17) is 9.47 Å². The molecule has 0 aliphatic rings. The highest BCUT2D eigenvalue weighted by molar-refractivity contribution is 5.83. The van der Waals surface area contributed by atoms with E-state index in [1.54, 1.807) is 20.8 Å². The molecule has 0 unspecified atom stereocenters. The van der Waals surface area contributed by atoms with E-state index >= 15 is 0 Å². The third-order valence-corrected chi connectivity index (χ3v) is 3.53. The first kappa shape index (κ1) is 22.2. The van der Waals surface area contributed by atoms with Crippen LogP contribution in [0.2, 0.25) is 0 Å². The van der Waals surface area contributed by atoms with E-state index in [9.17, 15) is 19.5 Å². The number of nitrogens with one attached hydrogen (secondary N) is 1. The van der Waals surface area contributed by atoms with Crippen LogP contribution in [-0.2, 0) is 19.1 Å². The molecule has 0 radical (unpaired) electrons. The average molecular weight is 345 g/mol. The molecule has 0 rings (SSSR count). The molecule has 1 amide bonds. The molecular formula is C17H31NO6. The van der Waals surface area contributed by atoms with Gasteiger partial charge in [0.2, 0.25) is 0 Å². The minimum absolute atomic E-state index is 0.0700. The van der Waals surface area contributed by atoms with Crippen LogP contribution in [0.4, 0.5) is 4.79 Å². The van der Waals surface area contributed by atoms with Crippen molar-refractivity contribution in [3.8, 4) is 0 Å². The highest BCUT2D eigenvalue weighted by Crippen LogP contribution is 2.26. The van der Waals surface area contributed by atoms with Crippen LogP contribution in [0.25, 0.3) is 0 Å². The van der Waals surface area contributed by atoms with Crippen molar-refractivity contribution >= 4 is 18.0 Å². The van der Waals surface area contributed by atoms with Gasteiger partial charge in [-0.25, -0.2) is 9.59 Å². The Kier molecular flexibility index (Phi) is 8.23. The van der Waals surface area contributed by atoms with Gasteiger partial charge in [-0.15, -0.1) is 0 Å². The summed E-state index contributed by atoms with van der Waals surface area (Å²) in [5.41, 5.74) is -1.53. The summed E-state index contributed by atoms with van der Waals surface area (Å²) >= 11 is 0. The minimum atomic E-state index is -1.46. The smallest absolute Gasteiger partial charge is 0.411 e. The molecule has 2 N–H and O–H groups in total. The first-order chi connectivity index (χ1) is 10.8. The second kappa shape index (κ2) is 8.89. The van der Waals surface area contributed by atoms with Gasteiger partial charge in [0, 0.05) is 12.3 Å². The zero-order chi connectivity index (χ0) is 19.1. The Labute approximate surface area is 144 Å². The predicted octanol–water partition coefficient (Wildman–Crippen LogP) is 3.32. The quantitative estimate of drug-likeness (QED) is 0.517. The molecule has 0 aromatic carbocycles. The van der Waals surface area contributed by atoms with Gasteiger partial charge in [0.15, 0.2) is 0 Å². The monoisotopic (exact) mass is 345 g/mol. The molecule has 0 saturated heterocycles. The van der Waals surface area contributed by atoms with Gasteiger partial charge in [-0.05, 0) is 25.2 Å². The second-order valence-electron chi connectivity index (χ2n) is 7.68. The number of esters is 1. The lowest BCUT2D eigenvalue weighted by Gasteiger charge is -2.30. The first-order valence-electron chi connectivity index (χ1n) is 8.22. The van der Waals surface area contributed by atoms with Gasteiger partial charge in [0.25, 0.3) is 6.29 Å². The van der Waals surface area contributed by atoms with Gasteiger partial charge >= 0.3 is 18.0 Å². The molecule has 0 fully saturated rings. The molecule has 0 aliphatic carbocycles. The molecule has 24 heavy (non-hydrogen) atoms. The van der Waals surface area contributed by atoms with Crippen molar-refractivity contribution in [2.45, 2.75) is 79.6 Å². The number of hydrogen-bond donors (Lipinski definition) is 2. The highest BCUT2D eigenvalue weighted by atomic mass is 16.7. The fourth-order valence-electron chi connectivity index (χ4n) is 1.72. The van der Waals surface area contributed by atoms with Gasteiger partial charge in [-0.1, -0.05) is 41.5 Å². The van der Waals surface area contributed by atoms with E-state index in [0.29, 0.717) is 6.42 Å². The summed E-state index contributed by atoms with van der Waals surface area (Å²) in [7, 11) is 0. The summed E-state index contributed by atoms with van der Waals surface area (Å²) in [5.74, 6) is -1.89. The maximum atomic E-state index is 12.1. The predicted molar refractivity (Wildman–Crippen MR) is 89.4 cm³/mol. The molecule has 0 heterocycles. The number of aliphatic carboxylic acids is 1. The van der Waals surface area contributed by atoms with E-state index in [1.807, 2.05) is 20.8 Å². The summed E-state index contributed by atoms with van der Waals surface area (Å²) in [5, 5.41) is 11.8. The Morgan fingerprint density at radius 3 is 1.96 bits per heavy atom. The van der Waals surface area contributed by atoms with E-state index in [0.717, 1.165) is 0 Å². The van der Waals surface area contributed by atoms with Crippen molar-refractivity contribution in [1.29, 1.82) is 0 Å². The maximum absolute atomic E-state index is 12.1. The lowest BCUT2D eigenvalue weighted by Crippen LogP contribution is -2.53. The van der Waals surface area contributed by atoms with E-state index in [-0.39, 0.29) is 24.2 Å². The fourth-order valence-corrected chi connectivity index (χ4v) is 1.72. The number of rotatable bonds is 8. The van der Waals surface area contributed by atoms with Crippen molar-refractivity contribution in [2.24, 2.45) is 11.3 Å². The Morgan fingerprint density at radius 2 is 1.58 bits per heavy atom. The lowest BCUT2D eigenvalue weighted by molar-refractivity contribution is -0.175. The lowest BCUT2D eigenvalue weighted by atomic mass is 9.84. The van der Waals surface area contributed by atoms with Crippen molar-refractivity contribution in [2.75, 3.05) is 0 Å². The number of ether oxygens (including phenoxy) is 2. The first-order valence-corrected chi connectivity index (χ1v) is 8.22. The van der Waals surface area contributed by atoms with Crippen LogP contribution in [0.3, 0.4) is 0 Å². The molecule has 0 saturated carbocycles. The van der Waals surface area contributed by atoms with Crippen LogP contribution in [0, 0.1) is 11.3 Å². The number of hydrogen-bond acceptors (Lipinski definition) is 5. The van der Waals surface area contributed by atoms with Gasteiger partial charge in [-0.2, -0.15) is 0 Å². The standard InChI is InChI=1S/C17H31NO6/c1-8-12(19)23-13(11(2)3)24-15(22)18-17(7,14(20)21)10-9-16(4,5)6/h11,13H,8-10H2,1-7H3,(H,18,22)(H,20,21)/t13-,17+/m1/s1. The third-order valence-electron chi connectivity index (χ3n) is 3.53. The number of carboxylic acid groups (broad SMARTS) is 1. The van der Waals surface area contributed by atoms with Crippen molar-refractivity contribution < 1.29 is 29.0 Å². The van der Waals surface area contributed by atoms with Gasteiger partial charge in [0.05, 0.1) is 0 Å². The molecular weight excluding hydrogens is 314 g/mol. The molecule has 0 bridgehead atoms. The largest absolute Gasteiger partial charge is 0.480 e. The van der Waals surface area contributed by atoms with Crippen LogP contribution in [0.5, 0.6) is 0 Å². The molecule has 0 aromatic heterocycles. The number of carboxylic acids is 1. The van der Waals surface area contributed by atoms with E-state index in [2.05, 4.69) is 5.32 Å². The molecule has 0 spiro atoms. The SMILES string of the molecule is CCC(=O)O[C@H](OC(=O)N[C@@](C)(CCC(C)(C)C)C(=O)O)C(C)C. The molecule has 0 aromatic rings. The van der Waals surface area contributed by atoms with Gasteiger partial charge in [0.1, 0.15) is 5.54 Å². The zero-order valence-corrected chi connectivity index (χ0v) is 15.8. The number of alkyl carbamates (subject to hydrolysis) is 1. The minimum Gasteiger partial charge on any atom is -0.480 e. The van der Waals surface area contributed by atoms with Crippen molar-refractivity contribution in [3.05, 3.63) is 0 Å². The normalized spacial score (nSPS) is 15.3. The fraction of sp³-hybridized carbons (Fsp3) is 0.824. The van der Waals surface area contributed by atoms with Crippen molar-refractivity contribution in [3.63, 3.8) is 0 Å². The van der Waals surface area contributed by atoms with Crippen LogP contribution in [-0.4, -0.2) is 35.0 Å². The average Bonchev–Trinajstić information content (AvgIpc) is 2.43. The third kappa shape index (κ3) is 8.17. The van der Waals surface area contributed by atoms with Crippen LogP contribution >= 0.6 is 0 Å². The summed E-state index contributed by atoms with van der Waals surface area (Å²) in [6, 6.07) is 0. The summed E-state index contributed by atoms with van der Waals surface area (Å²) < 4.78 is 10.2. The topological polar surface area (TPSA) is 102 Å². The number of carbonyl (C=O) groups excluding carboxylic acids is 2. The summed E-state index contributed by atoms with van der Waals surface area (Å²) in [4.78, 5) is 35.0. The Morgan fingerprint density at radius 1 is 1.04 bits per heavy atom. The number of amides is 1. The maximum Gasteiger partial charge on any atom is 0.411 e. The van der Waals surface area contributed by atoms with E-state index in [1.165, 1.54) is 6.92 Å². The molecule has 7 nitrogen and oxygen atoms in total. The molecule has 7 heteroatoms. The molecule has 0 aliphatic heterocycles. The number of carbonyl (C=O) groups is 3. The molecule has 2 atom stereocenters. The Bertz CT molecular complexity index is 454. The van der Waals surface area contributed by atoms with Gasteiger partial charge in [-0.3, -0.25) is 4.79 Å². The van der Waals surface area contributed by atoms with Gasteiger partial charge < -0.3 is 19.9 Å².